The normalized spacial score (nSPS) is 12.4. The van der Waals surface area contributed by atoms with Gasteiger partial charge in [-0.15, -0.1) is 0 Å². The maximum atomic E-state index is 9.71. The molecule has 0 rings (SSSR count). The minimum atomic E-state index is -0.360. The zero-order valence-electron chi connectivity index (χ0n) is 5.22. The van der Waals surface area contributed by atoms with E-state index in [4.69, 9.17) is 5.73 Å². The summed E-state index contributed by atoms with van der Waals surface area (Å²) in [6.07, 6.45) is 3.77. The molecule has 0 saturated heterocycles. The van der Waals surface area contributed by atoms with Gasteiger partial charge < -0.3 is 5.73 Å². The molecule has 0 saturated carbocycles. The Hall–Kier alpha value is -0.630. The van der Waals surface area contributed by atoms with Gasteiger partial charge >= 0.3 is 0 Å². The lowest BCUT2D eigenvalue weighted by Gasteiger charge is -2.09. The fourth-order valence-electron chi connectivity index (χ4n) is 0.287. The van der Waals surface area contributed by atoms with Crippen molar-refractivity contribution < 1.29 is 4.79 Å². The second-order valence-electron chi connectivity index (χ2n) is 2.32. The van der Waals surface area contributed by atoms with Crippen LogP contribution < -0.4 is 5.73 Å². The predicted molar refractivity (Wildman–Crippen MR) is 33.5 cm³/mol. The Morgan fingerprint density at radius 2 is 2.00 bits per heavy atom. The van der Waals surface area contributed by atoms with Crippen molar-refractivity contribution >= 4 is 6.29 Å². The van der Waals surface area contributed by atoms with Crippen LogP contribution in [-0.4, -0.2) is 11.8 Å². The van der Waals surface area contributed by atoms with Gasteiger partial charge in [0.15, 0.2) is 0 Å². The summed E-state index contributed by atoms with van der Waals surface area (Å²) in [6.45, 7) is 3.65. The van der Waals surface area contributed by atoms with Gasteiger partial charge in [-0.3, -0.25) is 4.79 Å². The lowest BCUT2D eigenvalue weighted by Crippen LogP contribution is -2.28. The molecule has 46 valence electrons. The summed E-state index contributed by atoms with van der Waals surface area (Å²) in [5.41, 5.74) is 5.12. The van der Waals surface area contributed by atoms with Crippen molar-refractivity contribution in [2.75, 3.05) is 0 Å². The van der Waals surface area contributed by atoms with Gasteiger partial charge in [-0.2, -0.15) is 0 Å². The molecule has 0 fully saturated rings. The van der Waals surface area contributed by atoms with Crippen molar-refractivity contribution in [3.8, 4) is 0 Å². The number of hydrogen-bond donors (Lipinski definition) is 1. The first kappa shape index (κ1) is 7.37. The molecule has 0 aromatic carbocycles. The first-order valence-corrected chi connectivity index (χ1v) is 2.48. The number of aldehydes is 1. The molecule has 0 aliphatic heterocycles. The van der Waals surface area contributed by atoms with E-state index in [0.717, 1.165) is 0 Å². The molecule has 0 bridgehead atoms. The van der Waals surface area contributed by atoms with Crippen molar-refractivity contribution in [1.29, 1.82) is 0 Å². The molecule has 0 radical (unpaired) electrons. The Balaban J connectivity index is 3.69. The zero-order chi connectivity index (χ0) is 6.62. The lowest BCUT2D eigenvalue weighted by atomic mass is 10.1. The van der Waals surface area contributed by atoms with E-state index in [1.54, 1.807) is 6.08 Å². The second kappa shape index (κ2) is 2.62. The monoisotopic (exact) mass is 113 g/mol. The third kappa shape index (κ3) is 5.37. The fourth-order valence-corrected chi connectivity index (χ4v) is 0.287. The smallest absolute Gasteiger partial charge is 0.142 e. The molecule has 2 heteroatoms. The van der Waals surface area contributed by atoms with Crippen molar-refractivity contribution in [3.05, 3.63) is 12.2 Å². The summed E-state index contributed by atoms with van der Waals surface area (Å²) in [5, 5.41) is 0. The molecule has 0 spiro atoms. The SMILES string of the molecule is CC(C)(N)/C=C/C=O. The summed E-state index contributed by atoms with van der Waals surface area (Å²) in [7, 11) is 0. The fraction of sp³-hybridized carbons (Fsp3) is 0.500. The Morgan fingerprint density at radius 3 is 2.12 bits per heavy atom. The largest absolute Gasteiger partial charge is 0.322 e. The van der Waals surface area contributed by atoms with E-state index < -0.39 is 0 Å². The Kier molecular flexibility index (Phi) is 2.42. The highest BCUT2D eigenvalue weighted by atomic mass is 16.1. The maximum absolute atomic E-state index is 9.71. The third-order valence-electron chi connectivity index (χ3n) is 0.604. The van der Waals surface area contributed by atoms with E-state index in [9.17, 15) is 4.79 Å². The topological polar surface area (TPSA) is 43.1 Å². The molecule has 0 unspecified atom stereocenters. The van der Waals surface area contributed by atoms with Crippen LogP contribution >= 0.6 is 0 Å². The molecule has 0 heterocycles. The van der Waals surface area contributed by atoms with E-state index in [2.05, 4.69) is 0 Å². The molecule has 0 amide bonds. The Morgan fingerprint density at radius 1 is 1.50 bits per heavy atom. The van der Waals surface area contributed by atoms with Crippen LogP contribution in [0.1, 0.15) is 13.8 Å². The van der Waals surface area contributed by atoms with Gasteiger partial charge in [0.05, 0.1) is 0 Å². The van der Waals surface area contributed by atoms with Crippen molar-refractivity contribution in [1.82, 2.24) is 0 Å². The molecule has 2 N–H and O–H groups in total. The Bertz CT molecular complexity index is 99.6. The predicted octanol–water partition coefficient (Wildman–Crippen LogP) is 0.479. The van der Waals surface area contributed by atoms with Crippen LogP contribution in [0.2, 0.25) is 0 Å². The van der Waals surface area contributed by atoms with Gasteiger partial charge in [-0.25, -0.2) is 0 Å². The molecule has 0 aromatic heterocycles. The average molecular weight is 113 g/mol. The van der Waals surface area contributed by atoms with Crippen molar-refractivity contribution in [3.63, 3.8) is 0 Å². The second-order valence-corrected chi connectivity index (χ2v) is 2.32. The first-order chi connectivity index (χ1) is 3.56. The first-order valence-electron chi connectivity index (χ1n) is 2.48. The summed E-state index contributed by atoms with van der Waals surface area (Å²) < 4.78 is 0. The van der Waals surface area contributed by atoms with Crippen LogP contribution in [0.15, 0.2) is 12.2 Å². The van der Waals surface area contributed by atoms with Crippen LogP contribution in [0, 0.1) is 0 Å². The number of rotatable bonds is 2. The summed E-state index contributed by atoms with van der Waals surface area (Å²) in [5.74, 6) is 0. The van der Waals surface area contributed by atoms with Crippen LogP contribution in [0.25, 0.3) is 0 Å². The van der Waals surface area contributed by atoms with Crippen LogP contribution in [0.4, 0.5) is 0 Å². The molecule has 0 aliphatic rings. The van der Waals surface area contributed by atoms with E-state index in [-0.39, 0.29) is 5.54 Å². The standard InChI is InChI=1S/C6H11NO/c1-6(2,7)4-3-5-8/h3-5H,7H2,1-2H3/b4-3+. The molecular weight excluding hydrogens is 102 g/mol. The Labute approximate surface area is 49.4 Å². The minimum Gasteiger partial charge on any atom is -0.322 e. The quantitative estimate of drug-likeness (QED) is 0.418. The van der Waals surface area contributed by atoms with Crippen molar-refractivity contribution in [2.24, 2.45) is 5.73 Å². The average Bonchev–Trinajstić information content (AvgIpc) is 1.59. The van der Waals surface area contributed by atoms with Gasteiger partial charge in [0.2, 0.25) is 0 Å². The van der Waals surface area contributed by atoms with Crippen LogP contribution in [0.3, 0.4) is 0 Å². The van der Waals surface area contributed by atoms with E-state index in [0.29, 0.717) is 6.29 Å². The van der Waals surface area contributed by atoms with Gasteiger partial charge in [0, 0.05) is 5.54 Å². The third-order valence-corrected chi connectivity index (χ3v) is 0.604. The van der Waals surface area contributed by atoms with Crippen LogP contribution in [0.5, 0.6) is 0 Å². The number of allylic oxidation sites excluding steroid dienone is 1. The highest BCUT2D eigenvalue weighted by Crippen LogP contribution is 1.95. The number of carbonyl (C=O) groups excluding carboxylic acids is 1. The summed E-state index contributed by atoms with van der Waals surface area (Å²) >= 11 is 0. The van der Waals surface area contributed by atoms with Crippen molar-refractivity contribution in [2.45, 2.75) is 19.4 Å². The zero-order valence-corrected chi connectivity index (χ0v) is 5.22. The van der Waals surface area contributed by atoms with Gasteiger partial charge in [-0.1, -0.05) is 6.08 Å². The van der Waals surface area contributed by atoms with E-state index >= 15 is 0 Å². The van der Waals surface area contributed by atoms with Gasteiger partial charge in [0.1, 0.15) is 6.29 Å². The highest BCUT2D eigenvalue weighted by molar-refractivity contribution is 5.65. The number of hydrogen-bond acceptors (Lipinski definition) is 2. The summed E-state index contributed by atoms with van der Waals surface area (Å²) in [4.78, 5) is 9.71. The number of nitrogens with two attached hydrogens (primary N) is 1. The molecule has 0 aromatic rings. The highest BCUT2D eigenvalue weighted by Gasteiger charge is 2.01. The molecular formula is C6H11NO. The lowest BCUT2D eigenvalue weighted by molar-refractivity contribution is -0.104. The van der Waals surface area contributed by atoms with Gasteiger partial charge in [0.25, 0.3) is 0 Å². The molecule has 0 aliphatic carbocycles. The molecule has 0 atom stereocenters. The van der Waals surface area contributed by atoms with Gasteiger partial charge in [-0.05, 0) is 19.9 Å². The molecule has 2 nitrogen and oxygen atoms in total. The molecule has 8 heavy (non-hydrogen) atoms. The van der Waals surface area contributed by atoms with E-state index in [1.165, 1.54) is 6.08 Å². The van der Waals surface area contributed by atoms with E-state index in [1.807, 2.05) is 13.8 Å². The number of carbonyl (C=O) groups is 1. The maximum Gasteiger partial charge on any atom is 0.142 e. The van der Waals surface area contributed by atoms with Crippen LogP contribution in [-0.2, 0) is 4.79 Å². The minimum absolute atomic E-state index is 0.360. The summed E-state index contributed by atoms with van der Waals surface area (Å²) in [6, 6.07) is 0.